The SMILES string of the molecule is COc1ccc(/C(=C/c2cccnc2)C(=O)O)cc1OC. The van der Waals surface area contributed by atoms with E-state index in [4.69, 9.17) is 9.47 Å². The Morgan fingerprint density at radius 3 is 2.52 bits per heavy atom. The lowest BCUT2D eigenvalue weighted by Gasteiger charge is -2.10. The number of methoxy groups -OCH3 is 2. The topological polar surface area (TPSA) is 68.7 Å². The van der Waals surface area contributed by atoms with Crippen molar-refractivity contribution in [3.8, 4) is 11.5 Å². The third-order valence-electron chi connectivity index (χ3n) is 2.92. The number of carboxylic acids is 1. The second-order valence-electron chi connectivity index (χ2n) is 4.22. The number of nitrogens with zero attached hydrogens (tertiary/aromatic N) is 1. The number of ether oxygens (including phenoxy) is 2. The maximum atomic E-state index is 11.5. The molecule has 0 bridgehead atoms. The van der Waals surface area contributed by atoms with Gasteiger partial charge in [-0.1, -0.05) is 12.1 Å². The molecule has 0 radical (unpaired) electrons. The lowest BCUT2D eigenvalue weighted by atomic mass is 10.0. The molecule has 0 aliphatic rings. The molecule has 2 rings (SSSR count). The summed E-state index contributed by atoms with van der Waals surface area (Å²) in [4.78, 5) is 15.5. The Morgan fingerprint density at radius 1 is 1.19 bits per heavy atom. The van der Waals surface area contributed by atoms with Gasteiger partial charge in [-0.3, -0.25) is 4.98 Å². The summed E-state index contributed by atoms with van der Waals surface area (Å²) >= 11 is 0. The van der Waals surface area contributed by atoms with Crippen molar-refractivity contribution in [1.29, 1.82) is 0 Å². The smallest absolute Gasteiger partial charge is 0.336 e. The van der Waals surface area contributed by atoms with Gasteiger partial charge in [-0.25, -0.2) is 4.79 Å². The third-order valence-corrected chi connectivity index (χ3v) is 2.92. The monoisotopic (exact) mass is 285 g/mol. The third kappa shape index (κ3) is 3.39. The van der Waals surface area contributed by atoms with Gasteiger partial charge in [-0.05, 0) is 35.4 Å². The Morgan fingerprint density at radius 2 is 1.95 bits per heavy atom. The highest BCUT2D eigenvalue weighted by Gasteiger charge is 2.13. The summed E-state index contributed by atoms with van der Waals surface area (Å²) in [7, 11) is 3.04. The fourth-order valence-electron chi connectivity index (χ4n) is 1.90. The number of hydrogen-bond acceptors (Lipinski definition) is 4. The Kier molecular flexibility index (Phi) is 4.56. The van der Waals surface area contributed by atoms with Crippen LogP contribution in [-0.2, 0) is 4.79 Å². The first-order chi connectivity index (χ1) is 10.2. The maximum absolute atomic E-state index is 11.5. The van der Waals surface area contributed by atoms with Crippen molar-refractivity contribution < 1.29 is 19.4 Å². The highest BCUT2D eigenvalue weighted by atomic mass is 16.5. The van der Waals surface area contributed by atoms with E-state index >= 15 is 0 Å². The molecule has 0 aliphatic heterocycles. The fraction of sp³-hybridized carbons (Fsp3) is 0.125. The van der Waals surface area contributed by atoms with Gasteiger partial charge in [0.2, 0.25) is 0 Å². The van der Waals surface area contributed by atoms with E-state index in [0.717, 1.165) is 0 Å². The van der Waals surface area contributed by atoms with Crippen LogP contribution in [0.1, 0.15) is 11.1 Å². The van der Waals surface area contributed by atoms with Crippen LogP contribution >= 0.6 is 0 Å². The molecule has 0 fully saturated rings. The molecule has 0 amide bonds. The Hall–Kier alpha value is -2.82. The van der Waals surface area contributed by atoms with Crippen LogP contribution in [-0.4, -0.2) is 30.3 Å². The first-order valence-electron chi connectivity index (χ1n) is 6.23. The van der Waals surface area contributed by atoms with Crippen LogP contribution in [0.3, 0.4) is 0 Å². The Labute approximate surface area is 122 Å². The molecule has 0 saturated heterocycles. The molecule has 0 spiro atoms. The molecule has 5 heteroatoms. The lowest BCUT2D eigenvalue weighted by molar-refractivity contribution is -0.130. The summed E-state index contributed by atoms with van der Waals surface area (Å²) < 4.78 is 10.3. The van der Waals surface area contributed by atoms with Gasteiger partial charge in [-0.2, -0.15) is 0 Å². The summed E-state index contributed by atoms with van der Waals surface area (Å²) in [6, 6.07) is 8.53. The number of pyridine rings is 1. The summed E-state index contributed by atoms with van der Waals surface area (Å²) in [6.07, 6.45) is 4.80. The first kappa shape index (κ1) is 14.6. The van der Waals surface area contributed by atoms with E-state index < -0.39 is 5.97 Å². The van der Waals surface area contributed by atoms with Gasteiger partial charge in [0.1, 0.15) is 0 Å². The van der Waals surface area contributed by atoms with Crippen molar-refractivity contribution in [2.45, 2.75) is 0 Å². The van der Waals surface area contributed by atoms with Crippen molar-refractivity contribution in [2.75, 3.05) is 14.2 Å². The molecule has 1 aromatic carbocycles. The Bertz CT molecular complexity index is 665. The minimum atomic E-state index is -1.02. The van der Waals surface area contributed by atoms with Crippen molar-refractivity contribution in [1.82, 2.24) is 4.98 Å². The predicted octanol–water partition coefficient (Wildman–Crippen LogP) is 2.72. The highest BCUT2D eigenvalue weighted by molar-refractivity contribution is 6.20. The molecule has 0 saturated carbocycles. The number of hydrogen-bond donors (Lipinski definition) is 1. The molecular weight excluding hydrogens is 270 g/mol. The predicted molar refractivity (Wildman–Crippen MR) is 79.3 cm³/mol. The van der Waals surface area contributed by atoms with E-state index in [1.807, 2.05) is 0 Å². The van der Waals surface area contributed by atoms with Gasteiger partial charge in [0.25, 0.3) is 0 Å². The second-order valence-corrected chi connectivity index (χ2v) is 4.22. The molecule has 1 heterocycles. The van der Waals surface area contributed by atoms with Crippen LogP contribution in [0.2, 0.25) is 0 Å². The molecular formula is C16H15NO4. The molecule has 1 aromatic heterocycles. The second kappa shape index (κ2) is 6.56. The van der Waals surface area contributed by atoms with Crippen LogP contribution in [0.15, 0.2) is 42.7 Å². The summed E-state index contributed by atoms with van der Waals surface area (Å²) in [5, 5.41) is 9.42. The number of carbonyl (C=O) groups is 1. The van der Waals surface area contributed by atoms with Gasteiger partial charge >= 0.3 is 5.97 Å². The zero-order valence-corrected chi connectivity index (χ0v) is 11.7. The number of aliphatic carboxylic acids is 1. The summed E-state index contributed by atoms with van der Waals surface area (Å²) in [6.45, 7) is 0. The molecule has 0 unspecified atom stereocenters. The maximum Gasteiger partial charge on any atom is 0.336 e. The molecule has 21 heavy (non-hydrogen) atoms. The average molecular weight is 285 g/mol. The molecule has 108 valence electrons. The summed E-state index contributed by atoms with van der Waals surface area (Å²) in [5.74, 6) is 0.00627. The van der Waals surface area contributed by atoms with E-state index in [9.17, 15) is 9.90 Å². The average Bonchev–Trinajstić information content (AvgIpc) is 2.52. The van der Waals surface area contributed by atoms with Crippen molar-refractivity contribution in [3.05, 3.63) is 53.9 Å². The van der Waals surface area contributed by atoms with Crippen LogP contribution in [0.25, 0.3) is 11.6 Å². The van der Waals surface area contributed by atoms with Crippen LogP contribution in [0, 0.1) is 0 Å². The van der Waals surface area contributed by atoms with Crippen LogP contribution < -0.4 is 9.47 Å². The Balaban J connectivity index is 2.49. The van der Waals surface area contributed by atoms with Crippen molar-refractivity contribution in [3.63, 3.8) is 0 Å². The van der Waals surface area contributed by atoms with Gasteiger partial charge < -0.3 is 14.6 Å². The zero-order chi connectivity index (χ0) is 15.2. The van der Waals surface area contributed by atoms with E-state index in [2.05, 4.69) is 4.98 Å². The first-order valence-corrected chi connectivity index (χ1v) is 6.23. The number of benzene rings is 1. The minimum Gasteiger partial charge on any atom is -0.493 e. The fourth-order valence-corrected chi connectivity index (χ4v) is 1.90. The minimum absolute atomic E-state index is 0.156. The van der Waals surface area contributed by atoms with E-state index in [1.165, 1.54) is 14.2 Å². The highest BCUT2D eigenvalue weighted by Crippen LogP contribution is 2.31. The van der Waals surface area contributed by atoms with Crippen LogP contribution in [0.5, 0.6) is 11.5 Å². The largest absolute Gasteiger partial charge is 0.493 e. The standard InChI is InChI=1S/C16H15NO4/c1-20-14-6-5-12(9-15(14)21-2)13(16(18)19)8-11-4-3-7-17-10-11/h3-10H,1-2H3,(H,18,19)/b13-8-. The molecule has 2 aromatic rings. The van der Waals surface area contributed by atoms with Gasteiger partial charge in [0, 0.05) is 12.4 Å². The quantitative estimate of drug-likeness (QED) is 0.855. The molecule has 5 nitrogen and oxygen atoms in total. The number of carboxylic acid groups (broad SMARTS) is 1. The normalized spacial score (nSPS) is 11.0. The van der Waals surface area contributed by atoms with Gasteiger partial charge in [0.15, 0.2) is 11.5 Å². The number of aromatic nitrogens is 1. The van der Waals surface area contributed by atoms with E-state index in [1.54, 1.807) is 48.8 Å². The van der Waals surface area contributed by atoms with Crippen molar-refractivity contribution >= 4 is 17.6 Å². The van der Waals surface area contributed by atoms with E-state index in [-0.39, 0.29) is 5.57 Å². The summed E-state index contributed by atoms with van der Waals surface area (Å²) in [5.41, 5.74) is 1.40. The molecule has 0 aliphatic carbocycles. The molecule has 0 atom stereocenters. The van der Waals surface area contributed by atoms with Gasteiger partial charge in [-0.15, -0.1) is 0 Å². The lowest BCUT2D eigenvalue weighted by Crippen LogP contribution is -2.01. The van der Waals surface area contributed by atoms with E-state index in [0.29, 0.717) is 22.6 Å². The van der Waals surface area contributed by atoms with Gasteiger partial charge in [0.05, 0.1) is 19.8 Å². The van der Waals surface area contributed by atoms with Crippen LogP contribution in [0.4, 0.5) is 0 Å². The van der Waals surface area contributed by atoms with Crippen molar-refractivity contribution in [2.24, 2.45) is 0 Å². The molecule has 1 N–H and O–H groups in total. The zero-order valence-electron chi connectivity index (χ0n) is 11.7. The number of rotatable bonds is 5.